The SMILES string of the molecule is O=C(NC[C@H]1C[C@H]1C(=O)Nc1cc(Cl)cc(C(=O)O)c1)OCC1c2ccccc2-c2ccccc21. The fourth-order valence-corrected chi connectivity index (χ4v) is 4.91. The summed E-state index contributed by atoms with van der Waals surface area (Å²) in [5, 5.41) is 14.8. The van der Waals surface area contributed by atoms with Gasteiger partial charge in [-0.25, -0.2) is 9.59 Å². The van der Waals surface area contributed by atoms with Crippen molar-refractivity contribution in [3.8, 4) is 11.1 Å². The van der Waals surface area contributed by atoms with E-state index in [1.165, 1.54) is 29.3 Å². The molecule has 2 atom stereocenters. The third-order valence-electron chi connectivity index (χ3n) is 6.52. The van der Waals surface area contributed by atoms with E-state index >= 15 is 0 Å². The number of nitrogens with one attached hydrogen (secondary N) is 2. The number of aromatic carboxylic acids is 1. The summed E-state index contributed by atoms with van der Waals surface area (Å²) in [6.07, 6.45) is 0.112. The molecular weight excluding hydrogens is 468 g/mol. The number of anilines is 1. The van der Waals surface area contributed by atoms with Crippen LogP contribution in [0.4, 0.5) is 10.5 Å². The molecule has 1 fully saturated rings. The maximum absolute atomic E-state index is 12.5. The van der Waals surface area contributed by atoms with Crippen LogP contribution in [0.1, 0.15) is 33.8 Å². The number of carboxylic acid groups (broad SMARTS) is 1. The first-order valence-electron chi connectivity index (χ1n) is 11.3. The fourth-order valence-electron chi connectivity index (χ4n) is 4.68. The summed E-state index contributed by atoms with van der Waals surface area (Å²) in [5.74, 6) is -1.65. The van der Waals surface area contributed by atoms with Crippen molar-refractivity contribution in [3.63, 3.8) is 0 Å². The molecule has 3 aromatic carbocycles. The number of benzene rings is 3. The van der Waals surface area contributed by atoms with E-state index in [-0.39, 0.29) is 40.9 Å². The van der Waals surface area contributed by atoms with Crippen LogP contribution in [0.5, 0.6) is 0 Å². The molecule has 0 spiro atoms. The highest BCUT2D eigenvalue weighted by molar-refractivity contribution is 6.31. The molecule has 2 aliphatic rings. The molecule has 2 aliphatic carbocycles. The summed E-state index contributed by atoms with van der Waals surface area (Å²) in [7, 11) is 0. The van der Waals surface area contributed by atoms with Crippen LogP contribution in [-0.2, 0) is 9.53 Å². The molecule has 0 aliphatic heterocycles. The average Bonchev–Trinajstić information content (AvgIpc) is 3.56. The molecule has 2 amide bonds. The molecule has 178 valence electrons. The van der Waals surface area contributed by atoms with Crippen molar-refractivity contribution in [2.45, 2.75) is 12.3 Å². The molecule has 0 aromatic heterocycles. The maximum atomic E-state index is 12.5. The van der Waals surface area contributed by atoms with Crippen LogP contribution in [-0.4, -0.2) is 36.2 Å². The molecule has 1 saturated carbocycles. The van der Waals surface area contributed by atoms with E-state index in [0.717, 1.165) is 11.1 Å². The van der Waals surface area contributed by atoms with Crippen molar-refractivity contribution in [1.29, 1.82) is 0 Å². The zero-order chi connectivity index (χ0) is 24.5. The largest absolute Gasteiger partial charge is 0.478 e. The summed E-state index contributed by atoms with van der Waals surface area (Å²) in [6.45, 7) is 0.555. The van der Waals surface area contributed by atoms with Crippen molar-refractivity contribution in [3.05, 3.63) is 88.4 Å². The van der Waals surface area contributed by atoms with Gasteiger partial charge in [-0.2, -0.15) is 0 Å². The molecule has 35 heavy (non-hydrogen) atoms. The second kappa shape index (κ2) is 9.43. The number of amides is 2. The molecule has 0 bridgehead atoms. The molecule has 0 radical (unpaired) electrons. The molecule has 0 saturated heterocycles. The van der Waals surface area contributed by atoms with Crippen LogP contribution in [0.15, 0.2) is 66.7 Å². The van der Waals surface area contributed by atoms with Gasteiger partial charge < -0.3 is 20.5 Å². The predicted octanol–water partition coefficient (Wildman–Crippen LogP) is 5.15. The number of hydrogen-bond acceptors (Lipinski definition) is 4. The Morgan fingerprint density at radius 2 is 1.63 bits per heavy atom. The van der Waals surface area contributed by atoms with Gasteiger partial charge in [0, 0.05) is 29.1 Å². The summed E-state index contributed by atoms with van der Waals surface area (Å²) >= 11 is 5.94. The van der Waals surface area contributed by atoms with E-state index in [4.69, 9.17) is 21.4 Å². The zero-order valence-electron chi connectivity index (χ0n) is 18.7. The highest BCUT2D eigenvalue weighted by Gasteiger charge is 2.43. The van der Waals surface area contributed by atoms with Crippen molar-refractivity contribution >= 4 is 35.3 Å². The fraction of sp³-hybridized carbons (Fsp3) is 0.222. The minimum Gasteiger partial charge on any atom is -0.478 e. The maximum Gasteiger partial charge on any atom is 0.407 e. The highest BCUT2D eigenvalue weighted by atomic mass is 35.5. The lowest BCUT2D eigenvalue weighted by atomic mass is 9.98. The monoisotopic (exact) mass is 490 g/mol. The second-order valence-electron chi connectivity index (χ2n) is 8.83. The number of carbonyl (C=O) groups is 3. The third kappa shape index (κ3) is 4.86. The molecule has 3 N–H and O–H groups in total. The van der Waals surface area contributed by atoms with Gasteiger partial charge in [-0.1, -0.05) is 60.1 Å². The third-order valence-corrected chi connectivity index (χ3v) is 6.74. The number of fused-ring (bicyclic) bond motifs is 3. The van der Waals surface area contributed by atoms with E-state index in [1.54, 1.807) is 0 Å². The normalized spacial score (nSPS) is 17.7. The Hall–Kier alpha value is -3.84. The molecule has 0 heterocycles. The van der Waals surface area contributed by atoms with Crippen molar-refractivity contribution in [1.82, 2.24) is 5.32 Å². The lowest BCUT2D eigenvalue weighted by Crippen LogP contribution is -2.29. The van der Waals surface area contributed by atoms with Crippen LogP contribution >= 0.6 is 11.6 Å². The van der Waals surface area contributed by atoms with Gasteiger partial charge in [-0.3, -0.25) is 4.79 Å². The van der Waals surface area contributed by atoms with E-state index in [9.17, 15) is 14.4 Å². The van der Waals surface area contributed by atoms with Gasteiger partial charge in [0.05, 0.1) is 5.56 Å². The van der Waals surface area contributed by atoms with Gasteiger partial charge in [0.15, 0.2) is 0 Å². The van der Waals surface area contributed by atoms with Crippen molar-refractivity contribution in [2.24, 2.45) is 11.8 Å². The number of hydrogen-bond donors (Lipinski definition) is 3. The molecular formula is C27H23ClN2O5. The Morgan fingerprint density at radius 3 is 2.29 bits per heavy atom. The topological polar surface area (TPSA) is 105 Å². The second-order valence-corrected chi connectivity index (χ2v) is 9.27. The molecule has 0 unspecified atom stereocenters. The van der Waals surface area contributed by atoms with Crippen LogP contribution in [0.25, 0.3) is 11.1 Å². The van der Waals surface area contributed by atoms with Crippen LogP contribution < -0.4 is 10.6 Å². The number of carbonyl (C=O) groups excluding carboxylic acids is 2. The Labute approximate surface area is 207 Å². The Bertz CT molecular complexity index is 1280. The van der Waals surface area contributed by atoms with Crippen molar-refractivity contribution in [2.75, 3.05) is 18.5 Å². The lowest BCUT2D eigenvalue weighted by Gasteiger charge is -2.14. The zero-order valence-corrected chi connectivity index (χ0v) is 19.4. The Morgan fingerprint density at radius 1 is 0.971 bits per heavy atom. The number of rotatable bonds is 7. The minimum atomic E-state index is -1.13. The van der Waals surface area contributed by atoms with Crippen LogP contribution in [0.2, 0.25) is 5.02 Å². The van der Waals surface area contributed by atoms with E-state index in [2.05, 4.69) is 34.9 Å². The van der Waals surface area contributed by atoms with Gasteiger partial charge >= 0.3 is 12.1 Å². The standard InChI is InChI=1S/C27H23ClN2O5/c28-17-9-15(26(32)33)10-18(12-17)30-25(31)23-11-16(23)13-29-27(34)35-14-24-21-7-3-1-5-19(21)20-6-2-4-8-22(20)24/h1-10,12,16,23-24H,11,13-14H2,(H,29,34)(H,30,31)(H,32,33)/t16-,23-/m1/s1. The van der Waals surface area contributed by atoms with Crippen molar-refractivity contribution < 1.29 is 24.2 Å². The van der Waals surface area contributed by atoms with E-state index in [1.807, 2.05) is 24.3 Å². The van der Waals surface area contributed by atoms with Gasteiger partial charge in [0.1, 0.15) is 6.61 Å². The first kappa shape index (κ1) is 22.9. The number of halogens is 1. The highest BCUT2D eigenvalue weighted by Crippen LogP contribution is 2.44. The molecule has 7 nitrogen and oxygen atoms in total. The molecule has 8 heteroatoms. The van der Waals surface area contributed by atoms with Gasteiger partial charge in [0.2, 0.25) is 5.91 Å². The van der Waals surface area contributed by atoms with Crippen LogP contribution in [0, 0.1) is 11.8 Å². The summed E-state index contributed by atoms with van der Waals surface area (Å²) < 4.78 is 5.54. The Kier molecular flexibility index (Phi) is 6.17. The Balaban J connectivity index is 1.11. The first-order chi connectivity index (χ1) is 16.9. The number of carboxylic acids is 1. The summed E-state index contributed by atoms with van der Waals surface area (Å²) in [6, 6.07) is 20.5. The minimum absolute atomic E-state index is 0.00271. The number of alkyl carbamates (subject to hydrolysis) is 1. The van der Waals surface area contributed by atoms with Gasteiger partial charge in [-0.15, -0.1) is 0 Å². The van der Waals surface area contributed by atoms with Gasteiger partial charge in [-0.05, 0) is 52.8 Å². The predicted molar refractivity (Wildman–Crippen MR) is 132 cm³/mol. The van der Waals surface area contributed by atoms with Gasteiger partial charge in [0.25, 0.3) is 0 Å². The van der Waals surface area contributed by atoms with E-state index in [0.29, 0.717) is 18.7 Å². The average molecular weight is 491 g/mol. The summed E-state index contributed by atoms with van der Waals surface area (Å²) in [4.78, 5) is 36.0. The summed E-state index contributed by atoms with van der Waals surface area (Å²) in [5.41, 5.74) is 4.95. The lowest BCUT2D eigenvalue weighted by molar-refractivity contribution is -0.117. The number of ether oxygens (including phenoxy) is 1. The smallest absolute Gasteiger partial charge is 0.407 e. The van der Waals surface area contributed by atoms with E-state index < -0.39 is 12.1 Å². The molecule has 3 aromatic rings. The van der Waals surface area contributed by atoms with Crippen LogP contribution in [0.3, 0.4) is 0 Å². The molecule has 5 rings (SSSR count). The first-order valence-corrected chi connectivity index (χ1v) is 11.7. The quantitative estimate of drug-likeness (QED) is 0.424.